The zero-order chi connectivity index (χ0) is 12.7. The van der Waals surface area contributed by atoms with Crippen molar-refractivity contribution in [2.24, 2.45) is 5.92 Å². The predicted octanol–water partition coefficient (Wildman–Crippen LogP) is 1.65. The molecule has 0 amide bonds. The molecule has 1 N–H and O–H groups in total. The molecule has 1 heterocycles. The minimum absolute atomic E-state index is 0.677. The van der Waals surface area contributed by atoms with Crippen molar-refractivity contribution in [3.63, 3.8) is 0 Å². The summed E-state index contributed by atoms with van der Waals surface area (Å²) in [5.41, 5.74) is 0. The van der Waals surface area contributed by atoms with Crippen LogP contribution in [0.25, 0.3) is 0 Å². The highest BCUT2D eigenvalue weighted by atomic mass is 15.1. The molecule has 0 aromatic carbocycles. The molecule has 0 aromatic rings. The van der Waals surface area contributed by atoms with E-state index in [0.29, 0.717) is 6.04 Å². The van der Waals surface area contributed by atoms with E-state index in [1.807, 2.05) is 0 Å². The molecule has 0 bridgehead atoms. The second-order valence-electron chi connectivity index (χ2n) is 5.71. The van der Waals surface area contributed by atoms with Gasteiger partial charge in [0.2, 0.25) is 0 Å². The summed E-state index contributed by atoms with van der Waals surface area (Å²) >= 11 is 0. The maximum atomic E-state index is 3.58. The van der Waals surface area contributed by atoms with E-state index in [4.69, 9.17) is 0 Å². The summed E-state index contributed by atoms with van der Waals surface area (Å²) in [5, 5.41) is 3.58. The second-order valence-corrected chi connectivity index (χ2v) is 5.71. The molecule has 3 nitrogen and oxygen atoms in total. The number of rotatable bonds is 7. The van der Waals surface area contributed by atoms with Gasteiger partial charge in [-0.3, -0.25) is 0 Å². The number of nitrogens with zero attached hydrogens (tertiary/aromatic N) is 2. The highest BCUT2D eigenvalue weighted by Gasteiger charge is 2.23. The fourth-order valence-electron chi connectivity index (χ4n) is 2.80. The molecule has 2 atom stereocenters. The Hall–Kier alpha value is -0.120. The normalized spacial score (nSPS) is 24.2. The first-order valence-corrected chi connectivity index (χ1v) is 7.24. The van der Waals surface area contributed by atoms with Crippen molar-refractivity contribution in [1.29, 1.82) is 0 Å². The molecule has 0 aromatic heterocycles. The number of hydrogen-bond acceptors (Lipinski definition) is 3. The van der Waals surface area contributed by atoms with E-state index < -0.39 is 0 Å². The van der Waals surface area contributed by atoms with Crippen molar-refractivity contribution < 1.29 is 0 Å². The van der Waals surface area contributed by atoms with Crippen LogP contribution >= 0.6 is 0 Å². The van der Waals surface area contributed by atoms with Crippen LogP contribution < -0.4 is 5.32 Å². The molecule has 1 aliphatic heterocycles. The number of nitrogens with one attached hydrogen (secondary N) is 1. The minimum Gasteiger partial charge on any atom is -0.314 e. The van der Waals surface area contributed by atoms with Crippen LogP contribution in [0, 0.1) is 5.92 Å². The maximum absolute atomic E-state index is 3.58. The number of likely N-dealkylation sites (tertiary alicyclic amines) is 1. The van der Waals surface area contributed by atoms with Crippen LogP contribution in [0.4, 0.5) is 0 Å². The average Bonchev–Trinajstić information content (AvgIpc) is 2.29. The Kier molecular flexibility index (Phi) is 7.09. The summed E-state index contributed by atoms with van der Waals surface area (Å²) in [5.74, 6) is 0.850. The molecule has 0 radical (unpaired) electrons. The van der Waals surface area contributed by atoms with Gasteiger partial charge in [-0.2, -0.15) is 0 Å². The third kappa shape index (κ3) is 5.84. The van der Waals surface area contributed by atoms with Crippen molar-refractivity contribution in [2.75, 3.05) is 46.8 Å². The maximum Gasteiger partial charge on any atom is 0.00791 e. The Bertz CT molecular complexity index is 194. The van der Waals surface area contributed by atoms with Gasteiger partial charge in [0.05, 0.1) is 0 Å². The van der Waals surface area contributed by atoms with Gasteiger partial charge >= 0.3 is 0 Å². The molecule has 102 valence electrons. The van der Waals surface area contributed by atoms with Crippen LogP contribution in [0.3, 0.4) is 0 Å². The van der Waals surface area contributed by atoms with Gasteiger partial charge in [-0.25, -0.2) is 0 Å². The Morgan fingerprint density at radius 2 is 2.18 bits per heavy atom. The van der Waals surface area contributed by atoms with Crippen molar-refractivity contribution in [3.8, 4) is 0 Å². The largest absolute Gasteiger partial charge is 0.314 e. The highest BCUT2D eigenvalue weighted by molar-refractivity contribution is 4.80. The highest BCUT2D eigenvalue weighted by Crippen LogP contribution is 2.19. The minimum atomic E-state index is 0.677. The van der Waals surface area contributed by atoms with Crippen LogP contribution in [-0.4, -0.2) is 62.7 Å². The zero-order valence-corrected chi connectivity index (χ0v) is 12.2. The predicted molar refractivity (Wildman–Crippen MR) is 75.5 cm³/mol. The Labute approximate surface area is 108 Å². The standard InChI is InChI=1S/C14H31N3/c1-5-15-13(2)14-8-6-10-17(12-14)11-7-9-16(3)4/h13-15H,5-12H2,1-4H3. The SMILES string of the molecule is CCNC(C)C1CCCN(CCCN(C)C)C1. The van der Waals surface area contributed by atoms with Gasteiger partial charge in [-0.05, 0) is 72.4 Å². The lowest BCUT2D eigenvalue weighted by molar-refractivity contribution is 0.147. The quantitative estimate of drug-likeness (QED) is 0.731. The molecule has 1 fully saturated rings. The second kappa shape index (κ2) is 8.06. The van der Waals surface area contributed by atoms with Gasteiger partial charge in [0.25, 0.3) is 0 Å². The van der Waals surface area contributed by atoms with Gasteiger partial charge < -0.3 is 15.1 Å². The lowest BCUT2D eigenvalue weighted by Gasteiger charge is -2.36. The van der Waals surface area contributed by atoms with Crippen LogP contribution in [0.1, 0.15) is 33.1 Å². The van der Waals surface area contributed by atoms with Gasteiger partial charge in [-0.15, -0.1) is 0 Å². The molecular formula is C14H31N3. The molecule has 2 unspecified atom stereocenters. The van der Waals surface area contributed by atoms with Crippen molar-refractivity contribution in [2.45, 2.75) is 39.2 Å². The summed E-state index contributed by atoms with van der Waals surface area (Å²) in [6.07, 6.45) is 4.08. The Morgan fingerprint density at radius 3 is 2.82 bits per heavy atom. The Morgan fingerprint density at radius 1 is 1.41 bits per heavy atom. The molecule has 0 saturated carbocycles. The third-order valence-corrected chi connectivity index (χ3v) is 3.85. The summed E-state index contributed by atoms with van der Waals surface area (Å²) in [4.78, 5) is 4.94. The number of hydrogen-bond donors (Lipinski definition) is 1. The first-order valence-electron chi connectivity index (χ1n) is 7.24. The smallest absolute Gasteiger partial charge is 0.00791 e. The summed E-state index contributed by atoms with van der Waals surface area (Å²) in [6, 6.07) is 0.677. The van der Waals surface area contributed by atoms with Crippen molar-refractivity contribution >= 4 is 0 Å². The zero-order valence-electron chi connectivity index (χ0n) is 12.2. The first-order chi connectivity index (χ1) is 8.13. The molecule has 3 heteroatoms. The van der Waals surface area contributed by atoms with E-state index >= 15 is 0 Å². The first kappa shape index (κ1) is 14.9. The van der Waals surface area contributed by atoms with E-state index in [0.717, 1.165) is 12.5 Å². The van der Waals surface area contributed by atoms with E-state index in [1.165, 1.54) is 45.4 Å². The van der Waals surface area contributed by atoms with E-state index in [-0.39, 0.29) is 0 Å². The fraction of sp³-hybridized carbons (Fsp3) is 1.00. The average molecular weight is 241 g/mol. The van der Waals surface area contributed by atoms with Crippen LogP contribution in [0.15, 0.2) is 0 Å². The van der Waals surface area contributed by atoms with Gasteiger partial charge in [0.1, 0.15) is 0 Å². The van der Waals surface area contributed by atoms with Gasteiger partial charge in [0.15, 0.2) is 0 Å². The molecule has 0 aliphatic carbocycles. The molecule has 1 rings (SSSR count). The topological polar surface area (TPSA) is 18.5 Å². The molecule has 1 aliphatic rings. The third-order valence-electron chi connectivity index (χ3n) is 3.85. The van der Waals surface area contributed by atoms with Crippen molar-refractivity contribution in [3.05, 3.63) is 0 Å². The lowest BCUT2D eigenvalue weighted by atomic mass is 9.91. The van der Waals surface area contributed by atoms with E-state index in [2.05, 4.69) is 43.1 Å². The summed E-state index contributed by atoms with van der Waals surface area (Å²) in [6.45, 7) is 10.7. The fourth-order valence-corrected chi connectivity index (χ4v) is 2.80. The monoisotopic (exact) mass is 241 g/mol. The molecule has 17 heavy (non-hydrogen) atoms. The summed E-state index contributed by atoms with van der Waals surface area (Å²) in [7, 11) is 4.32. The van der Waals surface area contributed by atoms with Crippen molar-refractivity contribution in [1.82, 2.24) is 15.1 Å². The lowest BCUT2D eigenvalue weighted by Crippen LogP contribution is -2.44. The van der Waals surface area contributed by atoms with Crippen LogP contribution in [-0.2, 0) is 0 Å². The van der Waals surface area contributed by atoms with Gasteiger partial charge in [-0.1, -0.05) is 6.92 Å². The molecular weight excluding hydrogens is 210 g/mol. The summed E-state index contributed by atoms with van der Waals surface area (Å²) < 4.78 is 0. The van der Waals surface area contributed by atoms with Crippen LogP contribution in [0.2, 0.25) is 0 Å². The van der Waals surface area contributed by atoms with Gasteiger partial charge in [0, 0.05) is 12.6 Å². The molecule has 0 spiro atoms. The number of piperidine rings is 1. The Balaban J connectivity index is 2.23. The van der Waals surface area contributed by atoms with E-state index in [1.54, 1.807) is 0 Å². The molecule has 1 saturated heterocycles. The van der Waals surface area contributed by atoms with E-state index in [9.17, 15) is 0 Å². The van der Waals surface area contributed by atoms with Crippen LogP contribution in [0.5, 0.6) is 0 Å².